The molecule has 0 aromatic heterocycles. The lowest BCUT2D eigenvalue weighted by atomic mass is 9.63. The summed E-state index contributed by atoms with van der Waals surface area (Å²) in [5, 5.41) is 20.5. The predicted molar refractivity (Wildman–Crippen MR) is 69.5 cm³/mol. The summed E-state index contributed by atoms with van der Waals surface area (Å²) in [6.45, 7) is 0. The van der Waals surface area contributed by atoms with Crippen molar-refractivity contribution in [3.63, 3.8) is 0 Å². The second-order valence-corrected chi connectivity index (χ2v) is 5.75. The molecule has 100 valence electrons. The van der Waals surface area contributed by atoms with Gasteiger partial charge in [-0.1, -0.05) is 0 Å². The number of aliphatic hydroxyl groups is 1. The molecule has 0 aromatic rings. The second-order valence-electron chi connectivity index (χ2n) is 5.75. The molecule has 2 aliphatic rings. The summed E-state index contributed by atoms with van der Waals surface area (Å²) in [5.74, 6) is 1.26. The lowest BCUT2D eigenvalue weighted by Gasteiger charge is -2.53. The van der Waals surface area contributed by atoms with E-state index in [2.05, 4.69) is 30.0 Å². The predicted octanol–water partition coefficient (Wildman–Crippen LogP) is 0.630. The van der Waals surface area contributed by atoms with E-state index in [4.69, 9.17) is 0 Å². The van der Waals surface area contributed by atoms with E-state index in [1.807, 2.05) is 7.05 Å². The molecule has 2 saturated carbocycles. The lowest BCUT2D eigenvalue weighted by Crippen LogP contribution is -2.65. The van der Waals surface area contributed by atoms with E-state index < -0.39 is 5.72 Å². The molecule has 2 fully saturated rings. The minimum Gasteiger partial charge on any atom is -0.376 e. The number of fused-ring (bicyclic) bond motifs is 1. The van der Waals surface area contributed by atoms with Gasteiger partial charge in [-0.3, -0.25) is 5.32 Å². The van der Waals surface area contributed by atoms with E-state index >= 15 is 0 Å². The lowest BCUT2D eigenvalue weighted by molar-refractivity contribution is -0.0898. The van der Waals surface area contributed by atoms with Crippen LogP contribution in [0.1, 0.15) is 38.5 Å². The first-order valence-electron chi connectivity index (χ1n) is 6.88. The molecule has 0 spiro atoms. The van der Waals surface area contributed by atoms with Crippen LogP contribution in [0.15, 0.2) is 0 Å². The Balaban J connectivity index is 2.15. The Morgan fingerprint density at radius 3 is 2.29 bits per heavy atom. The highest BCUT2D eigenvalue weighted by atomic mass is 16.3. The Hall–Kier alpha value is -0.160. The maximum absolute atomic E-state index is 10.4. The molecule has 2 aliphatic carbocycles. The average molecular weight is 241 g/mol. The summed E-state index contributed by atoms with van der Waals surface area (Å²) in [6, 6.07) is 0. The molecule has 4 nitrogen and oxygen atoms in total. The van der Waals surface area contributed by atoms with Crippen molar-refractivity contribution >= 4 is 0 Å². The van der Waals surface area contributed by atoms with Gasteiger partial charge in [0, 0.05) is 0 Å². The number of hydrogen-bond donors (Lipinski definition) is 4. The van der Waals surface area contributed by atoms with Crippen LogP contribution in [-0.4, -0.2) is 37.6 Å². The minimum absolute atomic E-state index is 0.0813. The molecule has 2 rings (SSSR count). The highest BCUT2D eigenvalue weighted by Gasteiger charge is 2.49. The molecule has 0 bridgehead atoms. The Kier molecular flexibility index (Phi) is 3.78. The van der Waals surface area contributed by atoms with Crippen molar-refractivity contribution in [2.75, 3.05) is 21.1 Å². The molecule has 0 amide bonds. The van der Waals surface area contributed by atoms with Gasteiger partial charge < -0.3 is 15.7 Å². The molecule has 3 atom stereocenters. The Labute approximate surface area is 105 Å². The molecule has 3 unspecified atom stereocenters. The first-order valence-corrected chi connectivity index (χ1v) is 6.88. The third kappa shape index (κ3) is 2.24. The van der Waals surface area contributed by atoms with Crippen molar-refractivity contribution in [2.45, 2.75) is 49.9 Å². The quantitative estimate of drug-likeness (QED) is 0.548. The highest BCUT2D eigenvalue weighted by molar-refractivity contribution is 5.02. The van der Waals surface area contributed by atoms with Crippen LogP contribution in [0.25, 0.3) is 0 Å². The molecule has 0 saturated heterocycles. The smallest absolute Gasteiger partial charge is 0.116 e. The van der Waals surface area contributed by atoms with E-state index in [9.17, 15) is 5.11 Å². The van der Waals surface area contributed by atoms with Gasteiger partial charge in [-0.2, -0.15) is 0 Å². The summed E-state index contributed by atoms with van der Waals surface area (Å²) in [6.07, 6.45) is 6.51. The SMILES string of the molecule is CNC1(O)CCC2C(CCCC2(NC)NC)C1. The number of nitrogens with one attached hydrogen (secondary N) is 3. The Bertz CT molecular complexity index is 267. The molecule has 0 aliphatic heterocycles. The molecule has 0 aromatic carbocycles. The van der Waals surface area contributed by atoms with Crippen molar-refractivity contribution < 1.29 is 5.11 Å². The summed E-state index contributed by atoms with van der Waals surface area (Å²) in [7, 11) is 5.97. The van der Waals surface area contributed by atoms with Gasteiger partial charge in [-0.15, -0.1) is 0 Å². The van der Waals surface area contributed by atoms with E-state index in [0.29, 0.717) is 11.8 Å². The van der Waals surface area contributed by atoms with Crippen molar-refractivity contribution in [1.82, 2.24) is 16.0 Å². The maximum Gasteiger partial charge on any atom is 0.116 e. The zero-order valence-corrected chi connectivity index (χ0v) is 11.3. The minimum atomic E-state index is -0.633. The molecule has 17 heavy (non-hydrogen) atoms. The van der Waals surface area contributed by atoms with Gasteiger partial charge >= 0.3 is 0 Å². The summed E-state index contributed by atoms with van der Waals surface area (Å²) < 4.78 is 0. The van der Waals surface area contributed by atoms with Crippen molar-refractivity contribution in [2.24, 2.45) is 11.8 Å². The van der Waals surface area contributed by atoms with E-state index in [0.717, 1.165) is 19.3 Å². The summed E-state index contributed by atoms with van der Waals surface area (Å²) >= 11 is 0. The molecule has 0 radical (unpaired) electrons. The molecular formula is C13H27N3O. The number of hydrogen-bond acceptors (Lipinski definition) is 4. The third-order valence-corrected chi connectivity index (χ3v) is 5.17. The first-order chi connectivity index (χ1) is 8.09. The van der Waals surface area contributed by atoms with Gasteiger partial charge in [-0.05, 0) is 71.5 Å². The first kappa shape index (κ1) is 13.3. The molecular weight excluding hydrogens is 214 g/mol. The van der Waals surface area contributed by atoms with Gasteiger partial charge in [0.25, 0.3) is 0 Å². The van der Waals surface area contributed by atoms with E-state index in [1.54, 1.807) is 0 Å². The van der Waals surface area contributed by atoms with Crippen LogP contribution < -0.4 is 16.0 Å². The zero-order valence-electron chi connectivity index (χ0n) is 11.3. The van der Waals surface area contributed by atoms with Gasteiger partial charge in [-0.25, -0.2) is 0 Å². The average Bonchev–Trinajstić information content (AvgIpc) is 2.37. The molecule has 0 heterocycles. The normalized spacial score (nSPS) is 40.9. The van der Waals surface area contributed by atoms with Crippen LogP contribution in [-0.2, 0) is 0 Å². The number of rotatable bonds is 3. The van der Waals surface area contributed by atoms with Crippen LogP contribution in [0.5, 0.6) is 0 Å². The fourth-order valence-corrected chi connectivity index (χ4v) is 4.06. The molecule has 4 heteroatoms. The van der Waals surface area contributed by atoms with E-state index in [-0.39, 0.29) is 5.66 Å². The van der Waals surface area contributed by atoms with Crippen LogP contribution in [0.2, 0.25) is 0 Å². The van der Waals surface area contributed by atoms with Gasteiger partial charge in [0.05, 0.1) is 5.66 Å². The van der Waals surface area contributed by atoms with Crippen molar-refractivity contribution in [3.8, 4) is 0 Å². The maximum atomic E-state index is 10.4. The summed E-state index contributed by atoms with van der Waals surface area (Å²) in [5.41, 5.74) is -0.552. The highest BCUT2D eigenvalue weighted by Crippen LogP contribution is 2.46. The summed E-state index contributed by atoms with van der Waals surface area (Å²) in [4.78, 5) is 0. The van der Waals surface area contributed by atoms with Crippen LogP contribution in [0.4, 0.5) is 0 Å². The van der Waals surface area contributed by atoms with Gasteiger partial charge in [0.15, 0.2) is 0 Å². The van der Waals surface area contributed by atoms with Crippen molar-refractivity contribution in [1.29, 1.82) is 0 Å². The zero-order chi connectivity index (χ0) is 12.5. The van der Waals surface area contributed by atoms with Crippen LogP contribution >= 0.6 is 0 Å². The van der Waals surface area contributed by atoms with E-state index in [1.165, 1.54) is 19.3 Å². The fraction of sp³-hybridized carbons (Fsp3) is 1.00. The Morgan fingerprint density at radius 2 is 1.71 bits per heavy atom. The largest absolute Gasteiger partial charge is 0.376 e. The van der Waals surface area contributed by atoms with Crippen LogP contribution in [0, 0.1) is 11.8 Å². The van der Waals surface area contributed by atoms with Gasteiger partial charge in [0.1, 0.15) is 5.72 Å². The topological polar surface area (TPSA) is 56.3 Å². The third-order valence-electron chi connectivity index (χ3n) is 5.17. The second kappa shape index (κ2) is 4.84. The van der Waals surface area contributed by atoms with Crippen LogP contribution in [0.3, 0.4) is 0 Å². The Morgan fingerprint density at radius 1 is 1.00 bits per heavy atom. The standard InChI is InChI=1S/C13H27N3O/c1-14-12(17)8-6-11-10(9-12)5-4-7-13(11,15-2)16-3/h10-11,14-17H,4-9H2,1-3H3. The fourth-order valence-electron chi connectivity index (χ4n) is 4.06. The van der Waals surface area contributed by atoms with Crippen molar-refractivity contribution in [3.05, 3.63) is 0 Å². The molecule has 4 N–H and O–H groups in total. The monoisotopic (exact) mass is 241 g/mol. The van der Waals surface area contributed by atoms with Gasteiger partial charge in [0.2, 0.25) is 0 Å².